The van der Waals surface area contributed by atoms with E-state index in [9.17, 15) is 0 Å². The minimum absolute atomic E-state index is 1.23. The highest BCUT2D eigenvalue weighted by atomic mass is 14.1. The largest absolute Gasteiger partial charge is 0.0616 e. The summed E-state index contributed by atoms with van der Waals surface area (Å²) < 4.78 is 0. The van der Waals surface area contributed by atoms with Crippen LogP contribution in [0.15, 0.2) is 103 Å². The quantitative estimate of drug-likeness (QED) is 0.323. The molecule has 0 atom stereocenters. The second-order valence-corrected chi connectivity index (χ2v) is 6.52. The molecule has 0 N–H and O–H groups in total. The van der Waals surface area contributed by atoms with Gasteiger partial charge in [0.1, 0.15) is 0 Å². The van der Waals surface area contributed by atoms with Crippen LogP contribution in [0, 0.1) is 6.07 Å². The Kier molecular flexibility index (Phi) is 3.54. The van der Waals surface area contributed by atoms with E-state index in [0.717, 1.165) is 0 Å². The Labute approximate surface area is 153 Å². The number of fused-ring (bicyclic) bond motifs is 2. The van der Waals surface area contributed by atoms with E-state index < -0.39 is 0 Å². The Bertz CT molecular complexity index is 1210. The van der Waals surface area contributed by atoms with Gasteiger partial charge in [-0.2, -0.15) is 0 Å². The number of hydrogen-bond acceptors (Lipinski definition) is 0. The third-order valence-electron chi connectivity index (χ3n) is 5.03. The summed E-state index contributed by atoms with van der Waals surface area (Å²) in [5.41, 5.74) is 5.05. The first-order chi connectivity index (χ1) is 12.9. The summed E-state index contributed by atoms with van der Waals surface area (Å²) in [6, 6.07) is 39.6. The van der Waals surface area contributed by atoms with Crippen LogP contribution in [-0.4, -0.2) is 0 Å². The van der Waals surface area contributed by atoms with Crippen molar-refractivity contribution >= 4 is 21.5 Å². The first kappa shape index (κ1) is 14.9. The maximum atomic E-state index is 3.11. The molecular formula is C26H17. The van der Waals surface area contributed by atoms with Gasteiger partial charge in [0.2, 0.25) is 0 Å². The summed E-state index contributed by atoms with van der Waals surface area (Å²) in [5, 5.41) is 5.14. The lowest BCUT2D eigenvalue weighted by Crippen LogP contribution is -1.87. The van der Waals surface area contributed by atoms with Crippen molar-refractivity contribution in [2.45, 2.75) is 0 Å². The molecule has 0 spiro atoms. The fourth-order valence-electron chi connectivity index (χ4n) is 3.81. The fraction of sp³-hybridized carbons (Fsp3) is 0. The van der Waals surface area contributed by atoms with Crippen LogP contribution >= 0.6 is 0 Å². The molecule has 0 saturated heterocycles. The molecule has 1 radical (unpaired) electrons. The van der Waals surface area contributed by atoms with Crippen LogP contribution in [0.1, 0.15) is 0 Å². The van der Waals surface area contributed by atoms with Crippen LogP contribution in [0.2, 0.25) is 0 Å². The van der Waals surface area contributed by atoms with E-state index in [2.05, 4.69) is 97.1 Å². The summed E-state index contributed by atoms with van der Waals surface area (Å²) >= 11 is 0. The van der Waals surface area contributed by atoms with Gasteiger partial charge in [-0.25, -0.2) is 0 Å². The SMILES string of the molecule is [c]1ccc(-c2ccc(-c3cccc4ccccc34)c3ccccc23)cc1. The Morgan fingerprint density at radius 1 is 0.423 bits per heavy atom. The molecule has 0 unspecified atom stereocenters. The van der Waals surface area contributed by atoms with Gasteiger partial charge in [0.25, 0.3) is 0 Å². The molecule has 121 valence electrons. The molecule has 0 amide bonds. The monoisotopic (exact) mass is 329 g/mol. The highest BCUT2D eigenvalue weighted by Crippen LogP contribution is 2.38. The van der Waals surface area contributed by atoms with Crippen molar-refractivity contribution in [1.82, 2.24) is 0 Å². The molecule has 26 heavy (non-hydrogen) atoms. The van der Waals surface area contributed by atoms with Crippen molar-refractivity contribution in [3.05, 3.63) is 109 Å². The van der Waals surface area contributed by atoms with Crippen molar-refractivity contribution in [3.63, 3.8) is 0 Å². The topological polar surface area (TPSA) is 0 Å². The molecule has 0 heterocycles. The first-order valence-corrected chi connectivity index (χ1v) is 8.88. The Balaban J connectivity index is 1.83. The molecule has 0 aliphatic carbocycles. The van der Waals surface area contributed by atoms with Crippen molar-refractivity contribution in [2.24, 2.45) is 0 Å². The summed E-state index contributed by atoms with van der Waals surface area (Å²) in [6.45, 7) is 0. The van der Waals surface area contributed by atoms with E-state index in [0.29, 0.717) is 0 Å². The van der Waals surface area contributed by atoms with E-state index in [4.69, 9.17) is 0 Å². The minimum Gasteiger partial charge on any atom is -0.0616 e. The van der Waals surface area contributed by atoms with E-state index in [-0.39, 0.29) is 0 Å². The molecule has 5 rings (SSSR count). The highest BCUT2D eigenvalue weighted by molar-refractivity contribution is 6.09. The van der Waals surface area contributed by atoms with Gasteiger partial charge in [-0.15, -0.1) is 0 Å². The Morgan fingerprint density at radius 2 is 1.00 bits per heavy atom. The third kappa shape index (κ3) is 2.39. The molecule has 0 fully saturated rings. The van der Waals surface area contributed by atoms with Gasteiger partial charge < -0.3 is 0 Å². The average Bonchev–Trinajstić information content (AvgIpc) is 2.73. The van der Waals surface area contributed by atoms with Crippen LogP contribution in [0.3, 0.4) is 0 Å². The summed E-state index contributed by atoms with van der Waals surface area (Å²) in [6.07, 6.45) is 0. The number of hydrogen-bond donors (Lipinski definition) is 0. The van der Waals surface area contributed by atoms with Crippen molar-refractivity contribution in [3.8, 4) is 22.3 Å². The molecule has 5 aromatic rings. The maximum Gasteiger partial charge on any atom is -0.00987 e. The zero-order valence-electron chi connectivity index (χ0n) is 14.3. The van der Waals surface area contributed by atoms with Gasteiger partial charge in [-0.3, -0.25) is 0 Å². The second-order valence-electron chi connectivity index (χ2n) is 6.52. The van der Waals surface area contributed by atoms with Gasteiger partial charge in [-0.05, 0) is 49.9 Å². The lowest BCUT2D eigenvalue weighted by atomic mass is 9.90. The van der Waals surface area contributed by atoms with E-state index in [1.165, 1.54) is 43.8 Å². The molecule has 0 heteroatoms. The maximum absolute atomic E-state index is 3.11. The third-order valence-corrected chi connectivity index (χ3v) is 5.03. The smallest absolute Gasteiger partial charge is 0.00987 e. The Morgan fingerprint density at radius 3 is 1.81 bits per heavy atom. The van der Waals surface area contributed by atoms with Crippen LogP contribution < -0.4 is 0 Å². The second kappa shape index (κ2) is 6.16. The van der Waals surface area contributed by atoms with Gasteiger partial charge in [0, 0.05) is 0 Å². The van der Waals surface area contributed by atoms with Crippen LogP contribution in [-0.2, 0) is 0 Å². The lowest BCUT2D eigenvalue weighted by molar-refractivity contribution is 1.63. The van der Waals surface area contributed by atoms with E-state index in [1.807, 2.05) is 12.1 Å². The van der Waals surface area contributed by atoms with Crippen molar-refractivity contribution < 1.29 is 0 Å². The zero-order valence-corrected chi connectivity index (χ0v) is 14.3. The zero-order chi connectivity index (χ0) is 17.3. The number of benzene rings is 5. The van der Waals surface area contributed by atoms with Gasteiger partial charge in [0.05, 0.1) is 0 Å². The molecule has 0 aliphatic rings. The standard InChI is InChI=1S/C26H17/c1-2-9-19(10-3-1)22-17-18-26(25-15-7-6-14-23(22)25)24-16-8-12-20-11-4-5-13-21(20)24/h2-18H. The van der Waals surface area contributed by atoms with E-state index in [1.54, 1.807) is 0 Å². The predicted molar refractivity (Wildman–Crippen MR) is 111 cm³/mol. The van der Waals surface area contributed by atoms with Crippen LogP contribution in [0.25, 0.3) is 43.8 Å². The van der Waals surface area contributed by atoms with Gasteiger partial charge >= 0.3 is 0 Å². The normalized spacial score (nSPS) is 11.1. The molecular weight excluding hydrogens is 312 g/mol. The van der Waals surface area contributed by atoms with Crippen molar-refractivity contribution in [2.75, 3.05) is 0 Å². The van der Waals surface area contributed by atoms with Crippen molar-refractivity contribution in [1.29, 1.82) is 0 Å². The lowest BCUT2D eigenvalue weighted by Gasteiger charge is -2.13. The molecule has 0 aromatic heterocycles. The summed E-state index contributed by atoms with van der Waals surface area (Å²) in [4.78, 5) is 0. The average molecular weight is 329 g/mol. The van der Waals surface area contributed by atoms with E-state index >= 15 is 0 Å². The molecule has 0 saturated carbocycles. The predicted octanol–water partition coefficient (Wildman–Crippen LogP) is 7.13. The minimum atomic E-state index is 1.23. The summed E-state index contributed by atoms with van der Waals surface area (Å²) in [7, 11) is 0. The highest BCUT2D eigenvalue weighted by Gasteiger charge is 2.11. The molecule has 0 bridgehead atoms. The first-order valence-electron chi connectivity index (χ1n) is 8.88. The van der Waals surface area contributed by atoms with Gasteiger partial charge in [0.15, 0.2) is 0 Å². The van der Waals surface area contributed by atoms with Crippen LogP contribution in [0.4, 0.5) is 0 Å². The molecule has 0 nitrogen and oxygen atoms in total. The Hall–Kier alpha value is -3.38. The fourth-order valence-corrected chi connectivity index (χ4v) is 3.81. The van der Waals surface area contributed by atoms with Crippen LogP contribution in [0.5, 0.6) is 0 Å². The van der Waals surface area contributed by atoms with Gasteiger partial charge in [-0.1, -0.05) is 103 Å². The molecule has 5 aromatic carbocycles. The molecule has 0 aliphatic heterocycles. The number of rotatable bonds is 2. The summed E-state index contributed by atoms with van der Waals surface area (Å²) in [5.74, 6) is 0.